The van der Waals surface area contributed by atoms with Gasteiger partial charge in [-0.2, -0.15) is 0 Å². The second-order valence-electron chi connectivity index (χ2n) is 8.41. The van der Waals surface area contributed by atoms with Gasteiger partial charge in [-0.05, 0) is 56.8 Å². The summed E-state index contributed by atoms with van der Waals surface area (Å²) in [5.74, 6) is 0. The molecule has 3 aliphatic rings. The average Bonchev–Trinajstić information content (AvgIpc) is 3.02. The fraction of sp³-hybridized carbons (Fsp3) is 0.565. The summed E-state index contributed by atoms with van der Waals surface area (Å²) in [6.07, 6.45) is 8.98. The van der Waals surface area contributed by atoms with E-state index >= 15 is 0 Å². The summed E-state index contributed by atoms with van der Waals surface area (Å²) in [4.78, 5) is 2.79. The fourth-order valence-corrected chi connectivity index (χ4v) is 5.91. The normalized spacial score (nSPS) is 27.5. The van der Waals surface area contributed by atoms with Gasteiger partial charge < -0.3 is 9.88 Å². The summed E-state index contributed by atoms with van der Waals surface area (Å²) in [5.41, 5.74) is 6.47. The Morgan fingerprint density at radius 2 is 2.08 bits per heavy atom. The number of piperidine rings is 1. The SMILES string of the molecule is CCCNCC1=C[C@]2(CC)CCCN3CCc4c(n1c1ccccc41)[C@@H]32. The van der Waals surface area contributed by atoms with E-state index < -0.39 is 0 Å². The van der Waals surface area contributed by atoms with E-state index in [-0.39, 0.29) is 0 Å². The van der Waals surface area contributed by atoms with Gasteiger partial charge in [0.15, 0.2) is 0 Å². The Bertz CT molecular complexity index is 862. The molecule has 1 N–H and O–H groups in total. The van der Waals surface area contributed by atoms with Gasteiger partial charge in [0.1, 0.15) is 0 Å². The van der Waals surface area contributed by atoms with Gasteiger partial charge in [0.25, 0.3) is 0 Å². The number of para-hydroxylation sites is 1. The number of benzene rings is 1. The van der Waals surface area contributed by atoms with E-state index in [2.05, 4.69) is 59.0 Å². The molecule has 1 fully saturated rings. The van der Waals surface area contributed by atoms with Crippen molar-refractivity contribution in [3.63, 3.8) is 0 Å². The summed E-state index contributed by atoms with van der Waals surface area (Å²) in [7, 11) is 0. The highest BCUT2D eigenvalue weighted by Gasteiger charge is 2.50. The number of rotatable bonds is 5. The summed E-state index contributed by atoms with van der Waals surface area (Å²) in [6, 6.07) is 9.66. The van der Waals surface area contributed by atoms with Gasteiger partial charge >= 0.3 is 0 Å². The van der Waals surface area contributed by atoms with Crippen LogP contribution in [-0.2, 0) is 6.42 Å². The Hall–Kier alpha value is -1.58. The molecule has 2 atom stereocenters. The molecule has 0 saturated carbocycles. The van der Waals surface area contributed by atoms with Crippen molar-refractivity contribution in [2.75, 3.05) is 26.2 Å². The van der Waals surface area contributed by atoms with Crippen molar-refractivity contribution >= 4 is 16.6 Å². The molecule has 0 bridgehead atoms. The molecule has 0 unspecified atom stereocenters. The van der Waals surface area contributed by atoms with Gasteiger partial charge in [-0.15, -0.1) is 0 Å². The first-order valence-corrected chi connectivity index (χ1v) is 10.6. The number of nitrogens with zero attached hydrogens (tertiary/aromatic N) is 2. The molecule has 3 aliphatic heterocycles. The van der Waals surface area contributed by atoms with Crippen LogP contribution in [0.4, 0.5) is 0 Å². The predicted molar refractivity (Wildman–Crippen MR) is 109 cm³/mol. The second kappa shape index (κ2) is 6.24. The molecular weight excluding hydrogens is 318 g/mol. The second-order valence-corrected chi connectivity index (χ2v) is 8.41. The molecule has 3 heteroatoms. The number of nitrogens with one attached hydrogen (secondary N) is 1. The Labute approximate surface area is 157 Å². The molecule has 0 aliphatic carbocycles. The van der Waals surface area contributed by atoms with E-state index in [0.717, 1.165) is 13.1 Å². The average molecular weight is 350 g/mol. The Morgan fingerprint density at radius 3 is 2.92 bits per heavy atom. The van der Waals surface area contributed by atoms with E-state index in [1.165, 1.54) is 61.8 Å². The van der Waals surface area contributed by atoms with Crippen molar-refractivity contribution < 1.29 is 0 Å². The molecule has 0 amide bonds. The van der Waals surface area contributed by atoms with Gasteiger partial charge in [0.2, 0.25) is 0 Å². The topological polar surface area (TPSA) is 20.2 Å². The van der Waals surface area contributed by atoms with Crippen LogP contribution in [0.2, 0.25) is 0 Å². The maximum absolute atomic E-state index is 3.68. The monoisotopic (exact) mass is 349 g/mol. The summed E-state index contributed by atoms with van der Waals surface area (Å²) in [5, 5.41) is 5.17. The van der Waals surface area contributed by atoms with Gasteiger partial charge in [-0.3, -0.25) is 4.90 Å². The number of fused-ring (bicyclic) bond motifs is 3. The van der Waals surface area contributed by atoms with Crippen LogP contribution in [0.1, 0.15) is 56.8 Å². The molecule has 1 aromatic heterocycles. The highest BCUT2D eigenvalue weighted by molar-refractivity contribution is 5.90. The van der Waals surface area contributed by atoms with Gasteiger partial charge in [-0.1, -0.05) is 38.1 Å². The van der Waals surface area contributed by atoms with Gasteiger partial charge in [0.05, 0.1) is 11.6 Å². The highest BCUT2D eigenvalue weighted by Crippen LogP contribution is 2.56. The molecule has 2 aromatic rings. The highest BCUT2D eigenvalue weighted by atomic mass is 15.2. The Morgan fingerprint density at radius 1 is 1.19 bits per heavy atom. The minimum Gasteiger partial charge on any atom is -0.314 e. The van der Waals surface area contributed by atoms with Crippen LogP contribution in [0, 0.1) is 5.41 Å². The summed E-state index contributed by atoms with van der Waals surface area (Å²) >= 11 is 0. The summed E-state index contributed by atoms with van der Waals surface area (Å²) < 4.78 is 2.63. The zero-order chi connectivity index (χ0) is 17.7. The largest absolute Gasteiger partial charge is 0.314 e. The molecule has 3 nitrogen and oxygen atoms in total. The lowest BCUT2D eigenvalue weighted by Crippen LogP contribution is -2.51. The number of hydrogen-bond acceptors (Lipinski definition) is 2. The first-order chi connectivity index (χ1) is 12.8. The molecule has 5 rings (SSSR count). The first kappa shape index (κ1) is 16.6. The van der Waals surface area contributed by atoms with E-state index in [0.29, 0.717) is 11.5 Å². The van der Waals surface area contributed by atoms with E-state index in [1.54, 1.807) is 11.3 Å². The molecule has 26 heavy (non-hydrogen) atoms. The quantitative estimate of drug-likeness (QED) is 0.797. The fourth-order valence-electron chi connectivity index (χ4n) is 5.91. The third-order valence-corrected chi connectivity index (χ3v) is 7.06. The van der Waals surface area contributed by atoms with Crippen molar-refractivity contribution in [1.29, 1.82) is 0 Å². The Kier molecular flexibility index (Phi) is 3.98. The van der Waals surface area contributed by atoms with E-state index in [4.69, 9.17) is 0 Å². The van der Waals surface area contributed by atoms with Crippen LogP contribution in [0.15, 0.2) is 30.3 Å². The predicted octanol–water partition coefficient (Wildman–Crippen LogP) is 4.58. The van der Waals surface area contributed by atoms with Gasteiger partial charge in [-0.25, -0.2) is 0 Å². The van der Waals surface area contributed by atoms with Crippen molar-refractivity contribution in [3.05, 3.63) is 41.6 Å². The maximum atomic E-state index is 3.68. The van der Waals surface area contributed by atoms with Crippen molar-refractivity contribution in [2.45, 2.75) is 52.0 Å². The van der Waals surface area contributed by atoms with Crippen LogP contribution in [0.5, 0.6) is 0 Å². The third kappa shape index (κ3) is 2.20. The van der Waals surface area contributed by atoms with E-state index in [1.807, 2.05) is 0 Å². The van der Waals surface area contributed by atoms with Crippen LogP contribution in [0.25, 0.3) is 16.6 Å². The minimum atomic E-state index is 0.320. The van der Waals surface area contributed by atoms with Gasteiger partial charge in [0, 0.05) is 35.3 Å². The minimum absolute atomic E-state index is 0.320. The van der Waals surface area contributed by atoms with Crippen molar-refractivity contribution in [3.8, 4) is 0 Å². The maximum Gasteiger partial charge on any atom is 0.0599 e. The molecule has 1 saturated heterocycles. The molecule has 0 radical (unpaired) electrons. The van der Waals surface area contributed by atoms with Crippen LogP contribution >= 0.6 is 0 Å². The lowest BCUT2D eigenvalue weighted by molar-refractivity contribution is 0.0268. The molecular formula is C23H31N3. The van der Waals surface area contributed by atoms with Crippen LogP contribution in [0.3, 0.4) is 0 Å². The lowest BCUT2D eigenvalue weighted by atomic mass is 9.66. The number of aromatic nitrogens is 1. The number of hydrogen-bond donors (Lipinski definition) is 1. The molecule has 138 valence electrons. The molecule has 0 spiro atoms. The van der Waals surface area contributed by atoms with Crippen LogP contribution < -0.4 is 5.32 Å². The summed E-state index contributed by atoms with van der Waals surface area (Å²) in [6.45, 7) is 9.22. The standard InChI is InChI=1S/C23H31N3/c1-3-12-24-16-17-15-23(4-2)11-7-13-25-14-10-19-18-8-5-6-9-20(18)26(17)21(19)22(23)25/h5-6,8-9,15,22,24H,3-4,7,10-14,16H2,1-2H3/t22-,23+/m1/s1. The smallest absolute Gasteiger partial charge is 0.0599 e. The molecule has 1 aromatic carbocycles. The van der Waals surface area contributed by atoms with E-state index in [9.17, 15) is 0 Å². The Balaban J connectivity index is 1.75. The zero-order valence-electron chi connectivity index (χ0n) is 16.2. The zero-order valence-corrected chi connectivity index (χ0v) is 16.2. The third-order valence-electron chi connectivity index (χ3n) is 7.06. The van der Waals surface area contributed by atoms with Crippen molar-refractivity contribution in [1.82, 2.24) is 14.8 Å². The molecule has 4 heterocycles. The lowest BCUT2D eigenvalue weighted by Gasteiger charge is -2.53. The van der Waals surface area contributed by atoms with Crippen molar-refractivity contribution in [2.24, 2.45) is 5.41 Å². The van der Waals surface area contributed by atoms with Crippen LogP contribution in [-0.4, -0.2) is 35.6 Å². The first-order valence-electron chi connectivity index (χ1n) is 10.6.